The minimum absolute atomic E-state index is 0.215. The summed E-state index contributed by atoms with van der Waals surface area (Å²) in [5.41, 5.74) is 2.44. The summed E-state index contributed by atoms with van der Waals surface area (Å²) < 4.78 is 14.7. The summed E-state index contributed by atoms with van der Waals surface area (Å²) in [5.74, 6) is -0.567. The van der Waals surface area contributed by atoms with E-state index in [0.717, 1.165) is 16.3 Å². The number of aryl methyl sites for hydroxylation is 1. The van der Waals surface area contributed by atoms with Crippen molar-refractivity contribution < 1.29 is 9.18 Å². The van der Waals surface area contributed by atoms with Crippen LogP contribution in [0.15, 0.2) is 47.8 Å². The monoisotopic (exact) mass is 329 g/mol. The maximum atomic E-state index is 12.8. The van der Waals surface area contributed by atoms with Crippen molar-refractivity contribution in [1.29, 1.82) is 0 Å². The Bertz CT molecular complexity index is 794. The van der Waals surface area contributed by atoms with E-state index in [1.165, 1.54) is 24.3 Å². The average Bonchev–Trinajstić information content (AvgIpc) is 3.18. The van der Waals surface area contributed by atoms with E-state index in [-0.39, 0.29) is 11.7 Å². The Hall–Kier alpha value is -2.47. The number of nitrogens with one attached hydrogen (secondary N) is 1. The fourth-order valence-electron chi connectivity index (χ4n) is 2.26. The lowest BCUT2D eigenvalue weighted by Crippen LogP contribution is -2.27. The van der Waals surface area contributed by atoms with E-state index in [1.807, 2.05) is 35.2 Å². The second kappa shape index (κ2) is 6.75. The van der Waals surface area contributed by atoms with Crippen LogP contribution >= 0.6 is 11.3 Å². The van der Waals surface area contributed by atoms with Crippen LogP contribution in [-0.2, 0) is 6.54 Å². The SMILES string of the molecule is Cc1cc(-c2cccs2)nn1CCNC(=O)c1ccc(F)cc1. The summed E-state index contributed by atoms with van der Waals surface area (Å²) >= 11 is 1.65. The van der Waals surface area contributed by atoms with Gasteiger partial charge < -0.3 is 5.32 Å². The second-order valence-electron chi connectivity index (χ2n) is 5.13. The maximum absolute atomic E-state index is 12.8. The van der Waals surface area contributed by atoms with Crippen LogP contribution in [0.5, 0.6) is 0 Å². The molecule has 0 aliphatic rings. The van der Waals surface area contributed by atoms with E-state index in [1.54, 1.807) is 11.3 Å². The van der Waals surface area contributed by atoms with Crippen molar-refractivity contribution in [3.63, 3.8) is 0 Å². The predicted molar refractivity (Wildman–Crippen MR) is 89.0 cm³/mol. The molecule has 1 amide bonds. The summed E-state index contributed by atoms with van der Waals surface area (Å²) in [5, 5.41) is 9.40. The molecule has 1 aromatic carbocycles. The van der Waals surface area contributed by atoms with Gasteiger partial charge in [0, 0.05) is 17.8 Å². The number of carbonyl (C=O) groups excluding carboxylic acids is 1. The number of benzene rings is 1. The van der Waals surface area contributed by atoms with Crippen LogP contribution in [0.25, 0.3) is 10.6 Å². The molecule has 0 fully saturated rings. The number of hydrogen-bond acceptors (Lipinski definition) is 3. The zero-order valence-electron chi connectivity index (χ0n) is 12.6. The smallest absolute Gasteiger partial charge is 0.251 e. The van der Waals surface area contributed by atoms with E-state index in [0.29, 0.717) is 18.7 Å². The van der Waals surface area contributed by atoms with Crippen molar-refractivity contribution in [2.45, 2.75) is 13.5 Å². The normalized spacial score (nSPS) is 10.7. The van der Waals surface area contributed by atoms with Crippen LogP contribution in [0.3, 0.4) is 0 Å². The molecular weight excluding hydrogens is 313 g/mol. The third-order valence-electron chi connectivity index (χ3n) is 3.47. The highest BCUT2D eigenvalue weighted by molar-refractivity contribution is 7.13. The summed E-state index contributed by atoms with van der Waals surface area (Å²) in [4.78, 5) is 13.1. The van der Waals surface area contributed by atoms with E-state index in [2.05, 4.69) is 10.4 Å². The lowest BCUT2D eigenvalue weighted by Gasteiger charge is -2.07. The molecule has 0 saturated carbocycles. The number of nitrogens with zero attached hydrogens (tertiary/aromatic N) is 2. The zero-order valence-corrected chi connectivity index (χ0v) is 13.4. The molecule has 3 rings (SSSR count). The molecule has 23 heavy (non-hydrogen) atoms. The fraction of sp³-hybridized carbons (Fsp3) is 0.176. The van der Waals surface area contributed by atoms with Gasteiger partial charge in [-0.15, -0.1) is 11.3 Å². The lowest BCUT2D eigenvalue weighted by molar-refractivity contribution is 0.0952. The first-order valence-electron chi connectivity index (χ1n) is 7.25. The summed E-state index contributed by atoms with van der Waals surface area (Å²) in [7, 11) is 0. The van der Waals surface area contributed by atoms with Gasteiger partial charge >= 0.3 is 0 Å². The minimum Gasteiger partial charge on any atom is -0.350 e. The molecule has 6 heteroatoms. The van der Waals surface area contributed by atoms with Crippen LogP contribution < -0.4 is 5.32 Å². The Labute approximate surface area is 137 Å². The number of hydrogen-bond donors (Lipinski definition) is 1. The molecule has 1 N–H and O–H groups in total. The molecule has 2 aromatic heterocycles. The van der Waals surface area contributed by atoms with E-state index in [9.17, 15) is 9.18 Å². The summed E-state index contributed by atoms with van der Waals surface area (Å²) in [6, 6.07) is 11.6. The van der Waals surface area contributed by atoms with Crippen molar-refractivity contribution >= 4 is 17.2 Å². The van der Waals surface area contributed by atoms with Gasteiger partial charge in [0.25, 0.3) is 5.91 Å². The van der Waals surface area contributed by atoms with Gasteiger partial charge in [0.05, 0.1) is 11.4 Å². The molecule has 0 saturated heterocycles. The van der Waals surface area contributed by atoms with Gasteiger partial charge in [-0.25, -0.2) is 4.39 Å². The fourth-order valence-corrected chi connectivity index (χ4v) is 2.94. The van der Waals surface area contributed by atoms with Crippen molar-refractivity contribution in [1.82, 2.24) is 15.1 Å². The second-order valence-corrected chi connectivity index (χ2v) is 6.08. The Morgan fingerprint density at radius 2 is 2.09 bits per heavy atom. The van der Waals surface area contributed by atoms with Gasteiger partial charge in [0.1, 0.15) is 11.5 Å². The van der Waals surface area contributed by atoms with Gasteiger partial charge in [0.2, 0.25) is 0 Å². The summed E-state index contributed by atoms with van der Waals surface area (Å²) in [6.07, 6.45) is 0. The molecule has 0 unspecified atom stereocenters. The van der Waals surface area contributed by atoms with Crippen LogP contribution in [0, 0.1) is 12.7 Å². The van der Waals surface area contributed by atoms with E-state index in [4.69, 9.17) is 0 Å². The number of carbonyl (C=O) groups is 1. The van der Waals surface area contributed by atoms with Gasteiger partial charge in [-0.05, 0) is 48.7 Å². The average molecular weight is 329 g/mol. The number of amides is 1. The van der Waals surface area contributed by atoms with Crippen LogP contribution in [0.4, 0.5) is 4.39 Å². The number of aromatic nitrogens is 2. The molecule has 4 nitrogen and oxygen atoms in total. The van der Waals surface area contributed by atoms with Gasteiger partial charge in [-0.1, -0.05) is 6.07 Å². The molecule has 0 spiro atoms. The molecular formula is C17H16FN3OS. The highest BCUT2D eigenvalue weighted by Crippen LogP contribution is 2.23. The molecule has 118 valence electrons. The Kier molecular flexibility index (Phi) is 4.52. The largest absolute Gasteiger partial charge is 0.350 e. The molecule has 3 aromatic rings. The maximum Gasteiger partial charge on any atom is 0.251 e. The molecule has 0 bridgehead atoms. The van der Waals surface area contributed by atoms with Crippen LogP contribution in [0.1, 0.15) is 16.1 Å². The number of rotatable bonds is 5. The quantitative estimate of drug-likeness (QED) is 0.779. The molecule has 0 aliphatic heterocycles. The zero-order chi connectivity index (χ0) is 16.2. The van der Waals surface area contributed by atoms with Crippen LogP contribution in [0.2, 0.25) is 0 Å². The minimum atomic E-state index is -0.352. The van der Waals surface area contributed by atoms with Crippen LogP contribution in [-0.4, -0.2) is 22.2 Å². The Morgan fingerprint density at radius 1 is 1.30 bits per heavy atom. The highest BCUT2D eigenvalue weighted by Gasteiger charge is 2.08. The number of halogens is 1. The molecule has 0 atom stereocenters. The van der Waals surface area contributed by atoms with Crippen molar-refractivity contribution in [2.24, 2.45) is 0 Å². The van der Waals surface area contributed by atoms with E-state index < -0.39 is 0 Å². The first-order valence-corrected chi connectivity index (χ1v) is 8.13. The van der Waals surface area contributed by atoms with Gasteiger partial charge in [0.15, 0.2) is 0 Å². The lowest BCUT2D eigenvalue weighted by atomic mass is 10.2. The van der Waals surface area contributed by atoms with E-state index >= 15 is 0 Å². The van der Waals surface area contributed by atoms with Crippen molar-refractivity contribution in [2.75, 3.05) is 6.54 Å². The third-order valence-corrected chi connectivity index (χ3v) is 4.36. The van der Waals surface area contributed by atoms with Crippen molar-refractivity contribution in [3.05, 3.63) is 64.9 Å². The highest BCUT2D eigenvalue weighted by atomic mass is 32.1. The number of thiophene rings is 1. The molecule has 0 aliphatic carbocycles. The summed E-state index contributed by atoms with van der Waals surface area (Å²) in [6.45, 7) is 3.04. The topological polar surface area (TPSA) is 46.9 Å². The Balaban J connectivity index is 1.58. The first-order chi connectivity index (χ1) is 11.1. The molecule has 2 heterocycles. The van der Waals surface area contributed by atoms with Gasteiger partial charge in [-0.2, -0.15) is 5.10 Å². The van der Waals surface area contributed by atoms with Crippen molar-refractivity contribution in [3.8, 4) is 10.6 Å². The predicted octanol–water partition coefficient (Wildman–Crippen LogP) is 3.49. The molecule has 0 radical (unpaired) electrons. The third kappa shape index (κ3) is 3.65. The Morgan fingerprint density at radius 3 is 2.78 bits per heavy atom. The van der Waals surface area contributed by atoms with Gasteiger partial charge in [-0.3, -0.25) is 9.48 Å². The standard InChI is InChI=1S/C17H16FN3OS/c1-12-11-15(16-3-2-10-23-16)20-21(12)9-8-19-17(22)13-4-6-14(18)7-5-13/h2-7,10-11H,8-9H2,1H3,(H,19,22). The first kappa shape index (κ1) is 15.4.